The molecule has 144 valence electrons. The smallest absolute Gasteiger partial charge is 0.334 e. The highest BCUT2D eigenvalue weighted by Crippen LogP contribution is 2.34. The first kappa shape index (κ1) is 21.7. The predicted octanol–water partition coefficient (Wildman–Crippen LogP) is 3.93. The molecule has 1 saturated heterocycles. The summed E-state index contributed by atoms with van der Waals surface area (Å²) in [5, 5.41) is 9.68. The maximum Gasteiger partial charge on any atom is 0.334 e. The highest BCUT2D eigenvalue weighted by molar-refractivity contribution is 5.92. The monoisotopic (exact) mass is 354 g/mol. The third-order valence-corrected chi connectivity index (χ3v) is 4.87. The second-order valence-corrected chi connectivity index (χ2v) is 8.01. The van der Waals surface area contributed by atoms with E-state index in [0.717, 1.165) is 24.8 Å². The molecule has 0 aromatic carbocycles. The van der Waals surface area contributed by atoms with Gasteiger partial charge in [-0.1, -0.05) is 44.6 Å². The van der Waals surface area contributed by atoms with E-state index in [9.17, 15) is 14.7 Å². The fourth-order valence-electron chi connectivity index (χ4n) is 2.95. The summed E-state index contributed by atoms with van der Waals surface area (Å²) >= 11 is 0. The van der Waals surface area contributed by atoms with Gasteiger partial charge in [0.15, 0.2) is 5.60 Å². The van der Waals surface area contributed by atoms with Crippen molar-refractivity contribution in [2.45, 2.75) is 85.2 Å². The van der Waals surface area contributed by atoms with Crippen molar-refractivity contribution in [3.05, 3.63) is 11.1 Å². The molecule has 0 aromatic heterocycles. The van der Waals surface area contributed by atoms with Gasteiger partial charge in [0.2, 0.25) is 0 Å². The second kappa shape index (κ2) is 9.37. The van der Waals surface area contributed by atoms with Gasteiger partial charge in [-0.3, -0.25) is 4.79 Å². The van der Waals surface area contributed by atoms with Crippen LogP contribution in [0.15, 0.2) is 11.1 Å². The van der Waals surface area contributed by atoms with E-state index in [1.165, 1.54) is 19.3 Å². The molecule has 0 bridgehead atoms. The van der Waals surface area contributed by atoms with Crippen molar-refractivity contribution in [1.82, 2.24) is 0 Å². The minimum absolute atomic E-state index is 0.107. The van der Waals surface area contributed by atoms with Crippen LogP contribution < -0.4 is 0 Å². The summed E-state index contributed by atoms with van der Waals surface area (Å²) in [6.45, 7) is 9.13. The first-order valence-electron chi connectivity index (χ1n) is 9.35. The molecule has 1 aliphatic rings. The molecule has 1 N–H and O–H groups in total. The first-order chi connectivity index (χ1) is 11.7. The van der Waals surface area contributed by atoms with Gasteiger partial charge in [0, 0.05) is 12.0 Å². The fraction of sp³-hybridized carbons (Fsp3) is 0.800. The van der Waals surface area contributed by atoms with E-state index in [-0.39, 0.29) is 25.6 Å². The summed E-state index contributed by atoms with van der Waals surface area (Å²) in [5.41, 5.74) is -0.305. The Bertz CT molecular complexity index is 502. The van der Waals surface area contributed by atoms with Gasteiger partial charge in [-0.2, -0.15) is 0 Å². The van der Waals surface area contributed by atoms with Gasteiger partial charge < -0.3 is 14.6 Å². The Morgan fingerprint density at radius 1 is 1.24 bits per heavy atom. The number of esters is 2. The lowest BCUT2D eigenvalue weighted by Gasteiger charge is -2.28. The van der Waals surface area contributed by atoms with Crippen molar-refractivity contribution in [1.29, 1.82) is 0 Å². The van der Waals surface area contributed by atoms with E-state index in [1.807, 2.05) is 27.7 Å². The van der Waals surface area contributed by atoms with Crippen molar-refractivity contribution in [2.75, 3.05) is 13.2 Å². The number of ether oxygens (including phenoxy) is 2. The number of aliphatic hydroxyl groups is 1. The Balaban J connectivity index is 2.56. The van der Waals surface area contributed by atoms with Crippen LogP contribution in [0.1, 0.15) is 79.6 Å². The Morgan fingerprint density at radius 3 is 2.40 bits per heavy atom. The molecule has 0 aromatic rings. The number of unbranched alkanes of at least 4 members (excludes halogenated alkanes) is 4. The molecule has 1 aliphatic heterocycles. The van der Waals surface area contributed by atoms with Crippen LogP contribution in [-0.4, -0.2) is 35.9 Å². The molecule has 0 saturated carbocycles. The van der Waals surface area contributed by atoms with Gasteiger partial charge in [0.05, 0.1) is 12.0 Å². The molecule has 5 heteroatoms. The van der Waals surface area contributed by atoms with E-state index in [2.05, 4.69) is 6.92 Å². The van der Waals surface area contributed by atoms with Crippen molar-refractivity contribution in [3.63, 3.8) is 0 Å². The van der Waals surface area contributed by atoms with Gasteiger partial charge >= 0.3 is 11.9 Å². The molecule has 0 amide bonds. The summed E-state index contributed by atoms with van der Waals surface area (Å²) < 4.78 is 10.8. The molecule has 0 aliphatic carbocycles. The van der Waals surface area contributed by atoms with Crippen molar-refractivity contribution in [3.8, 4) is 0 Å². The van der Waals surface area contributed by atoms with Crippen LogP contribution >= 0.6 is 0 Å². The van der Waals surface area contributed by atoms with Gasteiger partial charge in [0.1, 0.15) is 6.61 Å². The van der Waals surface area contributed by atoms with E-state index in [4.69, 9.17) is 9.47 Å². The zero-order valence-electron chi connectivity index (χ0n) is 16.4. The number of carbonyl (C=O) groups excluding carboxylic acids is 2. The van der Waals surface area contributed by atoms with E-state index in [1.54, 1.807) is 0 Å². The number of allylic oxidation sites excluding steroid dienone is 1. The highest BCUT2D eigenvalue weighted by Gasteiger charge is 2.45. The van der Waals surface area contributed by atoms with Crippen molar-refractivity contribution in [2.24, 2.45) is 5.41 Å². The van der Waals surface area contributed by atoms with Crippen LogP contribution in [0, 0.1) is 5.41 Å². The zero-order chi connectivity index (χ0) is 19.1. The minimum Gasteiger partial charge on any atom is -0.461 e. The van der Waals surface area contributed by atoms with Crippen LogP contribution in [0.5, 0.6) is 0 Å². The van der Waals surface area contributed by atoms with Crippen LogP contribution in [0.2, 0.25) is 0 Å². The van der Waals surface area contributed by atoms with E-state index in [0.29, 0.717) is 5.57 Å². The van der Waals surface area contributed by atoms with Gasteiger partial charge in [-0.05, 0) is 34.1 Å². The molecule has 1 rings (SSSR count). The highest BCUT2D eigenvalue weighted by atomic mass is 16.6. The number of hydrogen-bond donors (Lipinski definition) is 1. The summed E-state index contributed by atoms with van der Waals surface area (Å²) in [6, 6.07) is 0. The summed E-state index contributed by atoms with van der Waals surface area (Å²) in [7, 11) is 0. The molecular weight excluding hydrogens is 320 g/mol. The standard InChI is InChI=1S/C20H34O5/c1-6-7-8-9-10-11-19(4,5)18(23)24-14-20(13-21)12-16(15(2)3)17(22)25-20/h21H,6-14H2,1-5H3. The molecule has 25 heavy (non-hydrogen) atoms. The fourth-order valence-corrected chi connectivity index (χ4v) is 2.95. The predicted molar refractivity (Wildman–Crippen MR) is 97.0 cm³/mol. The number of carbonyl (C=O) groups is 2. The van der Waals surface area contributed by atoms with Crippen LogP contribution in [-0.2, 0) is 19.1 Å². The van der Waals surface area contributed by atoms with Gasteiger partial charge in [0.25, 0.3) is 0 Å². The number of cyclic esters (lactones) is 1. The molecule has 1 fully saturated rings. The average Bonchev–Trinajstić information content (AvgIpc) is 2.90. The Hall–Kier alpha value is -1.36. The van der Waals surface area contributed by atoms with Gasteiger partial charge in [-0.25, -0.2) is 4.79 Å². The van der Waals surface area contributed by atoms with E-state index >= 15 is 0 Å². The van der Waals surface area contributed by atoms with Gasteiger partial charge in [-0.15, -0.1) is 0 Å². The lowest BCUT2D eigenvalue weighted by molar-refractivity contribution is -0.172. The molecule has 1 unspecified atom stereocenters. The molecular formula is C20H34O5. The third kappa shape index (κ3) is 6.14. The molecule has 0 spiro atoms. The van der Waals surface area contributed by atoms with Crippen LogP contribution in [0.4, 0.5) is 0 Å². The van der Waals surface area contributed by atoms with Crippen LogP contribution in [0.3, 0.4) is 0 Å². The topological polar surface area (TPSA) is 72.8 Å². The molecule has 1 heterocycles. The SMILES string of the molecule is CCCCCCCC(C)(C)C(=O)OCC1(CO)CC(=C(C)C)C(=O)O1. The third-order valence-electron chi connectivity index (χ3n) is 4.87. The molecule has 1 atom stereocenters. The van der Waals surface area contributed by atoms with E-state index < -0.39 is 17.0 Å². The Kier molecular flexibility index (Phi) is 8.13. The summed E-state index contributed by atoms with van der Waals surface area (Å²) in [5.74, 6) is -0.738. The summed E-state index contributed by atoms with van der Waals surface area (Å²) in [4.78, 5) is 24.4. The maximum absolute atomic E-state index is 12.4. The van der Waals surface area contributed by atoms with Crippen molar-refractivity contribution >= 4 is 11.9 Å². The van der Waals surface area contributed by atoms with Crippen LogP contribution in [0.25, 0.3) is 0 Å². The number of hydrogen-bond acceptors (Lipinski definition) is 5. The quantitative estimate of drug-likeness (QED) is 0.365. The second-order valence-electron chi connectivity index (χ2n) is 8.01. The Morgan fingerprint density at radius 2 is 1.88 bits per heavy atom. The normalized spacial score (nSPS) is 20.6. The Labute approximate surface area is 151 Å². The maximum atomic E-state index is 12.4. The lowest BCUT2D eigenvalue weighted by atomic mass is 9.86. The molecule has 0 radical (unpaired) electrons. The average molecular weight is 354 g/mol. The molecule has 5 nitrogen and oxygen atoms in total. The zero-order valence-corrected chi connectivity index (χ0v) is 16.4. The first-order valence-corrected chi connectivity index (χ1v) is 9.35. The lowest BCUT2D eigenvalue weighted by Crippen LogP contribution is -2.41. The number of aliphatic hydroxyl groups excluding tert-OH is 1. The summed E-state index contributed by atoms with van der Waals surface area (Å²) in [6.07, 6.45) is 6.76. The minimum atomic E-state index is -1.14. The number of rotatable bonds is 10. The van der Waals surface area contributed by atoms with Crippen molar-refractivity contribution < 1.29 is 24.2 Å². The largest absolute Gasteiger partial charge is 0.461 e.